The summed E-state index contributed by atoms with van der Waals surface area (Å²) in [6.45, 7) is 8.32. The van der Waals surface area contributed by atoms with Crippen LogP contribution in [-0.4, -0.2) is 9.78 Å². The second kappa shape index (κ2) is 7.83. The van der Waals surface area contributed by atoms with Crippen LogP contribution in [-0.2, 0) is 13.0 Å². The standard InChI is InChI=1S/C22H23N3O/c1-4-17-7-5-9-19(13-17)21-11-12-22(26)25(24-21)15-18-8-6-10-20(14-18)23-16(2)3/h5-14,23H,2,4,15H2,1,3H3. The van der Waals surface area contributed by atoms with Gasteiger partial charge >= 0.3 is 0 Å². The quantitative estimate of drug-likeness (QED) is 0.717. The molecule has 1 N–H and O–H groups in total. The van der Waals surface area contributed by atoms with Crippen LogP contribution in [0.5, 0.6) is 0 Å². The molecule has 132 valence electrons. The van der Waals surface area contributed by atoms with Crippen LogP contribution in [0.4, 0.5) is 5.69 Å². The van der Waals surface area contributed by atoms with E-state index < -0.39 is 0 Å². The minimum Gasteiger partial charge on any atom is -0.360 e. The minimum atomic E-state index is -0.112. The number of hydrogen-bond acceptors (Lipinski definition) is 3. The molecule has 3 aromatic rings. The average molecular weight is 345 g/mol. The van der Waals surface area contributed by atoms with Gasteiger partial charge in [-0.05, 0) is 48.7 Å². The highest BCUT2D eigenvalue weighted by Crippen LogP contribution is 2.18. The van der Waals surface area contributed by atoms with Gasteiger partial charge in [-0.25, -0.2) is 4.68 Å². The zero-order valence-corrected chi connectivity index (χ0v) is 15.2. The Bertz CT molecular complexity index is 988. The van der Waals surface area contributed by atoms with Crippen molar-refractivity contribution in [2.75, 3.05) is 5.32 Å². The molecule has 0 amide bonds. The summed E-state index contributed by atoms with van der Waals surface area (Å²) in [5.41, 5.74) is 5.79. The van der Waals surface area contributed by atoms with Gasteiger partial charge in [0.05, 0.1) is 12.2 Å². The lowest BCUT2D eigenvalue weighted by Gasteiger charge is -2.10. The van der Waals surface area contributed by atoms with E-state index in [0.717, 1.165) is 34.6 Å². The van der Waals surface area contributed by atoms with Crippen LogP contribution in [0.2, 0.25) is 0 Å². The molecule has 0 radical (unpaired) electrons. The van der Waals surface area contributed by atoms with E-state index in [0.29, 0.717) is 6.54 Å². The molecule has 4 nitrogen and oxygen atoms in total. The first kappa shape index (κ1) is 17.7. The maximum Gasteiger partial charge on any atom is 0.267 e. The zero-order valence-electron chi connectivity index (χ0n) is 15.2. The van der Waals surface area contributed by atoms with Crippen LogP contribution in [0.15, 0.2) is 77.7 Å². The van der Waals surface area contributed by atoms with Crippen molar-refractivity contribution in [3.63, 3.8) is 0 Å². The number of nitrogens with zero attached hydrogens (tertiary/aromatic N) is 2. The lowest BCUT2D eigenvalue weighted by atomic mass is 10.1. The first-order valence-corrected chi connectivity index (χ1v) is 8.74. The maximum absolute atomic E-state index is 12.3. The summed E-state index contributed by atoms with van der Waals surface area (Å²) in [4.78, 5) is 12.3. The smallest absolute Gasteiger partial charge is 0.267 e. The summed E-state index contributed by atoms with van der Waals surface area (Å²) in [5, 5.41) is 7.76. The predicted octanol–water partition coefficient (Wildman–Crippen LogP) is 4.47. The highest BCUT2D eigenvalue weighted by Gasteiger charge is 2.06. The van der Waals surface area contributed by atoms with Gasteiger partial charge in [0, 0.05) is 23.0 Å². The van der Waals surface area contributed by atoms with E-state index in [-0.39, 0.29) is 5.56 Å². The molecule has 0 saturated heterocycles. The Labute approximate surface area is 153 Å². The molecule has 0 saturated carbocycles. The topological polar surface area (TPSA) is 46.9 Å². The van der Waals surface area contributed by atoms with E-state index in [9.17, 15) is 4.79 Å². The number of benzene rings is 2. The van der Waals surface area contributed by atoms with Gasteiger partial charge in [0.2, 0.25) is 0 Å². The fraction of sp³-hybridized carbons (Fsp3) is 0.182. The highest BCUT2D eigenvalue weighted by atomic mass is 16.1. The molecule has 1 heterocycles. The second-order valence-electron chi connectivity index (χ2n) is 6.37. The van der Waals surface area contributed by atoms with Crippen LogP contribution < -0.4 is 10.9 Å². The van der Waals surface area contributed by atoms with E-state index in [2.05, 4.69) is 36.1 Å². The largest absolute Gasteiger partial charge is 0.360 e. The van der Waals surface area contributed by atoms with Gasteiger partial charge in [-0.3, -0.25) is 4.79 Å². The number of aromatic nitrogens is 2. The first-order chi connectivity index (χ1) is 12.5. The summed E-state index contributed by atoms with van der Waals surface area (Å²) in [5.74, 6) is 0. The predicted molar refractivity (Wildman–Crippen MR) is 107 cm³/mol. The van der Waals surface area contributed by atoms with Crippen molar-refractivity contribution in [3.8, 4) is 11.3 Å². The summed E-state index contributed by atoms with van der Waals surface area (Å²) in [7, 11) is 0. The number of anilines is 1. The molecule has 0 bridgehead atoms. The number of hydrogen-bond donors (Lipinski definition) is 1. The van der Waals surface area contributed by atoms with Crippen LogP contribution in [0.3, 0.4) is 0 Å². The number of allylic oxidation sites excluding steroid dienone is 1. The Morgan fingerprint density at radius 3 is 2.62 bits per heavy atom. The van der Waals surface area contributed by atoms with Gasteiger partial charge in [-0.2, -0.15) is 5.10 Å². The van der Waals surface area contributed by atoms with Gasteiger partial charge < -0.3 is 5.32 Å². The van der Waals surface area contributed by atoms with E-state index in [4.69, 9.17) is 0 Å². The Hall–Kier alpha value is -3.14. The summed E-state index contributed by atoms with van der Waals surface area (Å²) >= 11 is 0. The molecule has 0 aliphatic heterocycles. The third-order valence-corrected chi connectivity index (χ3v) is 4.11. The summed E-state index contributed by atoms with van der Waals surface area (Å²) < 4.78 is 1.51. The van der Waals surface area contributed by atoms with Crippen molar-refractivity contribution in [2.45, 2.75) is 26.8 Å². The Balaban J connectivity index is 1.91. The van der Waals surface area contributed by atoms with Crippen molar-refractivity contribution in [1.29, 1.82) is 0 Å². The molecular weight excluding hydrogens is 322 g/mol. The molecule has 0 spiro atoms. The molecule has 26 heavy (non-hydrogen) atoms. The SMILES string of the molecule is C=C(C)Nc1cccc(Cn2nc(-c3cccc(CC)c3)ccc2=O)c1. The summed E-state index contributed by atoms with van der Waals surface area (Å²) in [6, 6.07) is 19.6. The Morgan fingerprint density at radius 1 is 1.08 bits per heavy atom. The fourth-order valence-electron chi connectivity index (χ4n) is 2.83. The fourth-order valence-corrected chi connectivity index (χ4v) is 2.83. The van der Waals surface area contributed by atoms with E-state index in [1.807, 2.05) is 43.3 Å². The Morgan fingerprint density at radius 2 is 1.85 bits per heavy atom. The molecule has 2 aromatic carbocycles. The van der Waals surface area contributed by atoms with Crippen molar-refractivity contribution in [2.24, 2.45) is 0 Å². The van der Waals surface area contributed by atoms with Crippen LogP contribution in [0.25, 0.3) is 11.3 Å². The van der Waals surface area contributed by atoms with Gasteiger partial charge in [0.25, 0.3) is 5.56 Å². The molecule has 1 aromatic heterocycles. The molecule has 0 aliphatic carbocycles. The number of aryl methyl sites for hydroxylation is 1. The maximum atomic E-state index is 12.3. The molecule has 0 atom stereocenters. The van der Waals surface area contributed by atoms with Gasteiger partial charge in [0.1, 0.15) is 0 Å². The monoisotopic (exact) mass is 345 g/mol. The van der Waals surface area contributed by atoms with Crippen LogP contribution >= 0.6 is 0 Å². The van der Waals surface area contributed by atoms with Gasteiger partial charge in [-0.15, -0.1) is 0 Å². The molecule has 0 fully saturated rings. The average Bonchev–Trinajstić information content (AvgIpc) is 2.63. The lowest BCUT2D eigenvalue weighted by Crippen LogP contribution is -2.22. The van der Waals surface area contributed by atoms with E-state index >= 15 is 0 Å². The molecule has 3 rings (SSSR count). The van der Waals surface area contributed by atoms with Crippen molar-refractivity contribution < 1.29 is 0 Å². The second-order valence-corrected chi connectivity index (χ2v) is 6.37. The van der Waals surface area contributed by atoms with Crippen molar-refractivity contribution >= 4 is 5.69 Å². The van der Waals surface area contributed by atoms with Gasteiger partial charge in [-0.1, -0.05) is 43.8 Å². The van der Waals surface area contributed by atoms with Crippen molar-refractivity contribution in [3.05, 3.63) is 94.4 Å². The van der Waals surface area contributed by atoms with Crippen LogP contribution in [0.1, 0.15) is 25.0 Å². The Kier molecular flexibility index (Phi) is 5.32. The zero-order chi connectivity index (χ0) is 18.5. The molecule has 0 unspecified atom stereocenters. The van der Waals surface area contributed by atoms with Gasteiger partial charge in [0.15, 0.2) is 0 Å². The lowest BCUT2D eigenvalue weighted by molar-refractivity contribution is 0.643. The van der Waals surface area contributed by atoms with Crippen molar-refractivity contribution in [1.82, 2.24) is 9.78 Å². The first-order valence-electron chi connectivity index (χ1n) is 8.74. The number of nitrogens with one attached hydrogen (secondary N) is 1. The van der Waals surface area contributed by atoms with E-state index in [1.165, 1.54) is 10.2 Å². The number of rotatable bonds is 6. The third-order valence-electron chi connectivity index (χ3n) is 4.11. The molecule has 4 heteroatoms. The highest BCUT2D eigenvalue weighted by molar-refractivity contribution is 5.59. The molecule has 0 aliphatic rings. The summed E-state index contributed by atoms with van der Waals surface area (Å²) in [6.07, 6.45) is 0.968. The minimum absolute atomic E-state index is 0.112. The molecular formula is C22H23N3O. The van der Waals surface area contributed by atoms with E-state index in [1.54, 1.807) is 12.1 Å². The third kappa shape index (κ3) is 4.28. The normalized spacial score (nSPS) is 10.5. The van der Waals surface area contributed by atoms with Crippen LogP contribution in [0, 0.1) is 0 Å².